The lowest BCUT2D eigenvalue weighted by molar-refractivity contribution is 0.0700. The van der Waals surface area contributed by atoms with Crippen LogP contribution in [-0.2, 0) is 13.6 Å². The van der Waals surface area contributed by atoms with E-state index in [1.807, 2.05) is 34.7 Å². The highest BCUT2D eigenvalue weighted by Gasteiger charge is 2.47. The number of primary amides is 1. The summed E-state index contributed by atoms with van der Waals surface area (Å²) in [6, 6.07) is 13.6. The van der Waals surface area contributed by atoms with E-state index in [-0.39, 0.29) is 23.6 Å². The Morgan fingerprint density at radius 1 is 1.04 bits per heavy atom. The Balaban J connectivity index is 1.25. The van der Waals surface area contributed by atoms with Gasteiger partial charge >= 0.3 is 0 Å². The number of nitrogens with zero attached hydrogens (tertiary/aromatic N) is 5. The number of aryl methyl sites for hydroxylation is 1. The van der Waals surface area contributed by atoms with E-state index in [1.54, 1.807) is 13.2 Å². The molecule has 2 bridgehead atoms. The molecule has 4 heterocycles. The molecular weight excluding hydrogens is 573 g/mol. The van der Waals surface area contributed by atoms with Gasteiger partial charge in [0.2, 0.25) is 5.91 Å². The van der Waals surface area contributed by atoms with Crippen LogP contribution in [0, 0.1) is 17.7 Å². The number of benzene rings is 2. The zero-order valence-electron chi connectivity index (χ0n) is 25.2. The molecule has 8 rings (SSSR count). The number of likely N-dealkylation sites (tertiary alicyclic amines) is 1. The zero-order valence-corrected chi connectivity index (χ0v) is 25.2. The van der Waals surface area contributed by atoms with E-state index >= 15 is 0 Å². The van der Waals surface area contributed by atoms with E-state index in [9.17, 15) is 14.0 Å². The summed E-state index contributed by atoms with van der Waals surface area (Å²) in [5.74, 6) is 0.881. The fourth-order valence-electron chi connectivity index (χ4n) is 7.42. The van der Waals surface area contributed by atoms with Crippen molar-refractivity contribution in [2.24, 2.45) is 30.4 Å². The third-order valence-electron chi connectivity index (χ3n) is 9.95. The first kappa shape index (κ1) is 27.8. The smallest absolute Gasteiger partial charge is 0.254 e. The largest absolute Gasteiger partial charge is 0.494 e. The van der Waals surface area contributed by atoms with Gasteiger partial charge in [0.15, 0.2) is 5.82 Å². The molecule has 230 valence electrons. The maximum Gasteiger partial charge on any atom is 0.254 e. The van der Waals surface area contributed by atoms with E-state index in [2.05, 4.69) is 10.6 Å². The average Bonchev–Trinajstić information content (AvgIpc) is 3.44. The van der Waals surface area contributed by atoms with Gasteiger partial charge in [-0.05, 0) is 86.1 Å². The molecule has 3 unspecified atom stereocenters. The van der Waals surface area contributed by atoms with Gasteiger partial charge in [0.1, 0.15) is 22.7 Å². The molecule has 45 heavy (non-hydrogen) atoms. The number of piperidine rings is 1. The van der Waals surface area contributed by atoms with Crippen molar-refractivity contribution in [1.29, 1.82) is 0 Å². The van der Waals surface area contributed by atoms with Crippen LogP contribution < -0.4 is 16.2 Å². The fraction of sp³-hybridized carbons (Fsp3) is 0.353. The first-order valence-corrected chi connectivity index (χ1v) is 15.4. The normalized spacial score (nSPS) is 20.9. The molecular formula is C34H34FN7O3. The lowest BCUT2D eigenvalue weighted by atomic mass is 10.0. The molecule has 3 aliphatic rings. The predicted octanol–water partition coefficient (Wildman–Crippen LogP) is 4.48. The second-order valence-corrected chi connectivity index (χ2v) is 12.7. The SMILES string of the molecule is COc1cc(C(=O)N2CC3CCC2C3N)cc2nc(-c3cc4ccc(-c5ccc(F)cc5C(N)=O)nc4n3CC3CC3)n(C)c12. The molecule has 11 heteroatoms. The Labute approximate surface area is 258 Å². The maximum absolute atomic E-state index is 14.0. The summed E-state index contributed by atoms with van der Waals surface area (Å²) in [5.41, 5.74) is 16.7. The number of pyridine rings is 1. The Bertz CT molecular complexity index is 2040. The summed E-state index contributed by atoms with van der Waals surface area (Å²) in [4.78, 5) is 37.8. The molecule has 3 fully saturated rings. The molecule has 2 aliphatic carbocycles. The standard InChI is InChI=1S/C34H34FN7O3/c1-40-30-25(11-20(13-28(30)45-2)34(44)42-16-19-6-10-26(42)29(19)36)39-33(40)27-12-18-5-9-24(38-32(18)41(27)15-17-3-4-17)22-8-7-21(35)14-23(22)31(37)43/h5,7-9,11-14,17,19,26,29H,3-4,6,10,15-16,36H2,1-2H3,(H2,37,43). The van der Waals surface area contributed by atoms with Crippen LogP contribution >= 0.6 is 0 Å². The summed E-state index contributed by atoms with van der Waals surface area (Å²) < 4.78 is 24.0. The van der Waals surface area contributed by atoms with E-state index < -0.39 is 11.7 Å². The summed E-state index contributed by atoms with van der Waals surface area (Å²) >= 11 is 0. The van der Waals surface area contributed by atoms with E-state index in [0.717, 1.165) is 66.4 Å². The lowest BCUT2D eigenvalue weighted by Crippen LogP contribution is -2.41. The van der Waals surface area contributed by atoms with Crippen LogP contribution in [0.4, 0.5) is 4.39 Å². The quantitative estimate of drug-likeness (QED) is 0.280. The zero-order chi connectivity index (χ0) is 31.1. The molecule has 3 atom stereocenters. The summed E-state index contributed by atoms with van der Waals surface area (Å²) in [6.45, 7) is 1.44. The number of hydrogen-bond donors (Lipinski definition) is 2. The topological polar surface area (TPSA) is 134 Å². The Morgan fingerprint density at radius 2 is 1.87 bits per heavy atom. The molecule has 5 aromatic rings. The molecule has 0 spiro atoms. The van der Waals surface area contributed by atoms with Crippen LogP contribution in [0.15, 0.2) is 48.5 Å². The van der Waals surface area contributed by atoms with Gasteiger partial charge in [0.25, 0.3) is 5.91 Å². The summed E-state index contributed by atoms with van der Waals surface area (Å²) in [6.07, 6.45) is 4.28. The minimum Gasteiger partial charge on any atom is -0.494 e. The number of amides is 2. The van der Waals surface area contributed by atoms with Crippen molar-refractivity contribution in [3.8, 4) is 28.5 Å². The number of ether oxygens (including phenoxy) is 1. The number of imidazole rings is 1. The summed E-state index contributed by atoms with van der Waals surface area (Å²) in [7, 11) is 3.55. The average molecular weight is 608 g/mol. The van der Waals surface area contributed by atoms with Crippen LogP contribution in [0.25, 0.3) is 44.8 Å². The van der Waals surface area contributed by atoms with E-state index in [0.29, 0.717) is 46.5 Å². The Morgan fingerprint density at radius 3 is 2.56 bits per heavy atom. The van der Waals surface area contributed by atoms with Crippen molar-refractivity contribution < 1.29 is 18.7 Å². The predicted molar refractivity (Wildman–Crippen MR) is 168 cm³/mol. The number of aromatic nitrogens is 4. The van der Waals surface area contributed by atoms with Gasteiger partial charge in [0, 0.05) is 48.7 Å². The summed E-state index contributed by atoms with van der Waals surface area (Å²) in [5, 5.41) is 0.910. The Hall–Kier alpha value is -4.77. The van der Waals surface area contributed by atoms with Crippen molar-refractivity contribution in [3.05, 3.63) is 65.5 Å². The fourth-order valence-corrected chi connectivity index (χ4v) is 7.42. The number of fused-ring (bicyclic) bond motifs is 4. The van der Waals surface area contributed by atoms with Gasteiger partial charge < -0.3 is 30.2 Å². The van der Waals surface area contributed by atoms with Crippen LogP contribution in [0.5, 0.6) is 5.75 Å². The lowest BCUT2D eigenvalue weighted by Gasteiger charge is -2.27. The van der Waals surface area contributed by atoms with Crippen LogP contribution in [-0.4, -0.2) is 61.6 Å². The first-order valence-electron chi connectivity index (χ1n) is 15.4. The number of carbonyl (C=O) groups excluding carboxylic acids is 2. The van der Waals surface area contributed by atoms with Crippen molar-refractivity contribution in [1.82, 2.24) is 24.0 Å². The molecule has 10 nitrogen and oxygen atoms in total. The molecule has 4 N–H and O–H groups in total. The second-order valence-electron chi connectivity index (χ2n) is 12.7. The molecule has 2 amide bonds. The molecule has 0 radical (unpaired) electrons. The number of halogens is 1. The number of methoxy groups -OCH3 is 1. The maximum atomic E-state index is 14.0. The van der Waals surface area contributed by atoms with Gasteiger partial charge in [-0.1, -0.05) is 0 Å². The van der Waals surface area contributed by atoms with Gasteiger partial charge in [-0.15, -0.1) is 0 Å². The molecule has 1 saturated heterocycles. The van der Waals surface area contributed by atoms with E-state index in [4.69, 9.17) is 26.2 Å². The van der Waals surface area contributed by atoms with Gasteiger partial charge in [-0.25, -0.2) is 14.4 Å². The third-order valence-corrected chi connectivity index (χ3v) is 9.95. The van der Waals surface area contributed by atoms with Crippen LogP contribution in [0.2, 0.25) is 0 Å². The Kier molecular flexibility index (Phi) is 6.25. The van der Waals surface area contributed by atoms with E-state index in [1.165, 1.54) is 12.1 Å². The van der Waals surface area contributed by atoms with Gasteiger partial charge in [-0.2, -0.15) is 0 Å². The van der Waals surface area contributed by atoms with Crippen molar-refractivity contribution in [2.45, 2.75) is 44.3 Å². The number of rotatable bonds is 7. The second kappa shape index (κ2) is 10.1. The minimum absolute atomic E-state index is 0.0361. The highest BCUT2D eigenvalue weighted by atomic mass is 19.1. The molecule has 3 aromatic heterocycles. The van der Waals surface area contributed by atoms with Crippen LogP contribution in [0.1, 0.15) is 46.4 Å². The highest BCUT2D eigenvalue weighted by molar-refractivity contribution is 6.01. The minimum atomic E-state index is -0.716. The third kappa shape index (κ3) is 4.40. The number of carbonyl (C=O) groups is 2. The van der Waals surface area contributed by atoms with Gasteiger partial charge in [0.05, 0.1) is 29.6 Å². The van der Waals surface area contributed by atoms with Crippen molar-refractivity contribution >= 4 is 33.9 Å². The molecule has 1 aliphatic heterocycles. The molecule has 2 saturated carbocycles. The monoisotopic (exact) mass is 607 g/mol. The first-order chi connectivity index (χ1) is 21.7. The van der Waals surface area contributed by atoms with Gasteiger partial charge in [-0.3, -0.25) is 9.59 Å². The van der Waals surface area contributed by atoms with Crippen molar-refractivity contribution in [2.75, 3.05) is 13.7 Å². The van der Waals surface area contributed by atoms with Crippen LogP contribution in [0.3, 0.4) is 0 Å². The number of nitrogens with two attached hydrogens (primary N) is 2. The number of hydrogen-bond acceptors (Lipinski definition) is 6. The van der Waals surface area contributed by atoms with Crippen molar-refractivity contribution in [3.63, 3.8) is 0 Å². The molecule has 2 aromatic carbocycles. The highest BCUT2D eigenvalue weighted by Crippen LogP contribution is 2.40.